The van der Waals surface area contributed by atoms with Gasteiger partial charge in [-0.15, -0.1) is 0 Å². The van der Waals surface area contributed by atoms with Crippen LogP contribution in [0.25, 0.3) is 0 Å². The van der Waals surface area contributed by atoms with Gasteiger partial charge in [0.2, 0.25) is 0 Å². The Bertz CT molecular complexity index is 486. The Labute approximate surface area is 134 Å². The summed E-state index contributed by atoms with van der Waals surface area (Å²) >= 11 is 6.69. The molecule has 0 saturated heterocycles. The fourth-order valence-corrected chi connectivity index (χ4v) is 2.77. The van der Waals surface area contributed by atoms with Gasteiger partial charge in [0, 0.05) is 15.0 Å². The zero-order valence-corrected chi connectivity index (χ0v) is 14.3. The maximum Gasteiger partial charge on any atom is 0.319 e. The van der Waals surface area contributed by atoms with Gasteiger partial charge >= 0.3 is 12.0 Å². The van der Waals surface area contributed by atoms with Crippen molar-refractivity contribution in [3.63, 3.8) is 0 Å². The van der Waals surface area contributed by atoms with Gasteiger partial charge in [-0.25, -0.2) is 4.79 Å². The highest BCUT2D eigenvalue weighted by atomic mass is 79.9. The number of hydrogen-bond acceptors (Lipinski definition) is 2. The molecule has 0 aliphatic heterocycles. The fourth-order valence-electron chi connectivity index (χ4n) is 1.58. The average molecular weight is 408 g/mol. The molecular formula is C13H16Br2N2O3. The maximum atomic E-state index is 12.0. The Balaban J connectivity index is 2.73. The van der Waals surface area contributed by atoms with Crippen LogP contribution in [-0.4, -0.2) is 23.1 Å². The van der Waals surface area contributed by atoms with Crippen molar-refractivity contribution >= 4 is 49.5 Å². The molecule has 0 fully saturated rings. The van der Waals surface area contributed by atoms with Crippen molar-refractivity contribution in [2.75, 3.05) is 5.32 Å². The SMILES string of the molecule is CC(C)C(CC(=O)O)NC(=O)Nc1c(Br)cccc1Br. The molecule has 1 atom stereocenters. The van der Waals surface area contributed by atoms with E-state index in [9.17, 15) is 9.59 Å². The van der Waals surface area contributed by atoms with Gasteiger partial charge in [0.15, 0.2) is 0 Å². The molecule has 0 bridgehead atoms. The lowest BCUT2D eigenvalue weighted by molar-refractivity contribution is -0.137. The Kier molecular flexibility index (Phi) is 6.48. The van der Waals surface area contributed by atoms with Crippen LogP contribution in [0.15, 0.2) is 27.1 Å². The predicted octanol–water partition coefficient (Wildman–Crippen LogP) is 3.83. The number of aliphatic carboxylic acids is 1. The number of carboxylic acids is 1. The molecule has 1 aromatic rings. The smallest absolute Gasteiger partial charge is 0.319 e. The number of hydrogen-bond donors (Lipinski definition) is 3. The zero-order valence-electron chi connectivity index (χ0n) is 11.1. The lowest BCUT2D eigenvalue weighted by atomic mass is 10.0. The van der Waals surface area contributed by atoms with Crippen LogP contribution in [0.2, 0.25) is 0 Å². The second-order valence-electron chi connectivity index (χ2n) is 4.64. The molecule has 3 N–H and O–H groups in total. The summed E-state index contributed by atoms with van der Waals surface area (Å²) in [6.07, 6.45) is -0.109. The number of para-hydroxylation sites is 1. The van der Waals surface area contributed by atoms with E-state index in [4.69, 9.17) is 5.11 Å². The first-order valence-electron chi connectivity index (χ1n) is 6.04. The van der Waals surface area contributed by atoms with E-state index < -0.39 is 18.0 Å². The lowest BCUT2D eigenvalue weighted by Gasteiger charge is -2.21. The van der Waals surface area contributed by atoms with Crippen molar-refractivity contribution in [3.05, 3.63) is 27.1 Å². The Morgan fingerprint density at radius 1 is 1.25 bits per heavy atom. The van der Waals surface area contributed by atoms with Gasteiger partial charge in [0.25, 0.3) is 0 Å². The van der Waals surface area contributed by atoms with E-state index >= 15 is 0 Å². The first-order valence-corrected chi connectivity index (χ1v) is 7.63. The first-order chi connectivity index (χ1) is 9.31. The number of carbonyl (C=O) groups excluding carboxylic acids is 1. The van der Waals surface area contributed by atoms with Crippen LogP contribution in [0.3, 0.4) is 0 Å². The molecule has 0 radical (unpaired) electrons. The summed E-state index contributed by atoms with van der Waals surface area (Å²) < 4.78 is 1.47. The molecule has 0 aliphatic rings. The van der Waals surface area contributed by atoms with E-state index in [0.717, 1.165) is 8.95 Å². The minimum absolute atomic E-state index is 0.0273. The van der Waals surface area contributed by atoms with Crippen LogP contribution in [0.1, 0.15) is 20.3 Å². The van der Waals surface area contributed by atoms with Crippen LogP contribution < -0.4 is 10.6 Å². The van der Waals surface area contributed by atoms with Crippen LogP contribution in [0, 0.1) is 5.92 Å². The van der Waals surface area contributed by atoms with E-state index in [1.807, 2.05) is 19.9 Å². The molecule has 20 heavy (non-hydrogen) atoms. The minimum Gasteiger partial charge on any atom is -0.481 e. The topological polar surface area (TPSA) is 78.4 Å². The van der Waals surface area contributed by atoms with Gasteiger partial charge in [-0.05, 0) is 49.9 Å². The van der Waals surface area contributed by atoms with Crippen molar-refractivity contribution in [3.8, 4) is 0 Å². The molecule has 5 nitrogen and oxygen atoms in total. The molecule has 7 heteroatoms. The number of rotatable bonds is 5. The summed E-state index contributed by atoms with van der Waals surface area (Å²) in [5.74, 6) is -0.912. The molecule has 1 unspecified atom stereocenters. The molecule has 0 aliphatic carbocycles. The number of carboxylic acid groups (broad SMARTS) is 1. The molecular weight excluding hydrogens is 392 g/mol. The van der Waals surface area contributed by atoms with E-state index in [2.05, 4.69) is 42.5 Å². The van der Waals surface area contributed by atoms with E-state index in [0.29, 0.717) is 5.69 Å². The predicted molar refractivity (Wildman–Crippen MR) is 84.9 cm³/mol. The number of anilines is 1. The third-order valence-electron chi connectivity index (χ3n) is 2.72. The third kappa shape index (κ3) is 5.13. The standard InChI is InChI=1S/C13H16Br2N2O3/c1-7(2)10(6-11(18)19)16-13(20)17-12-8(14)4-3-5-9(12)15/h3-5,7,10H,6H2,1-2H3,(H,18,19)(H2,16,17,20). The summed E-state index contributed by atoms with van der Waals surface area (Å²) in [6, 6.07) is 4.58. The van der Waals surface area contributed by atoms with Crippen molar-refractivity contribution in [1.82, 2.24) is 5.32 Å². The summed E-state index contributed by atoms with van der Waals surface area (Å²) in [5.41, 5.74) is 0.600. The number of carbonyl (C=O) groups is 2. The number of benzene rings is 1. The molecule has 0 saturated carbocycles. The molecule has 0 aromatic heterocycles. The highest BCUT2D eigenvalue weighted by Crippen LogP contribution is 2.30. The van der Waals surface area contributed by atoms with E-state index in [-0.39, 0.29) is 12.3 Å². The third-order valence-corrected chi connectivity index (χ3v) is 4.04. The van der Waals surface area contributed by atoms with Crippen LogP contribution in [0.4, 0.5) is 10.5 Å². The van der Waals surface area contributed by atoms with Gasteiger partial charge in [-0.2, -0.15) is 0 Å². The molecule has 110 valence electrons. The summed E-state index contributed by atoms with van der Waals surface area (Å²) in [5, 5.41) is 14.2. The molecule has 0 heterocycles. The lowest BCUT2D eigenvalue weighted by Crippen LogP contribution is -2.42. The number of amides is 2. The molecule has 1 rings (SSSR count). The average Bonchev–Trinajstić information content (AvgIpc) is 2.32. The normalized spacial score (nSPS) is 12.1. The number of halogens is 2. The second-order valence-corrected chi connectivity index (χ2v) is 6.35. The maximum absolute atomic E-state index is 12.0. The van der Waals surface area contributed by atoms with Crippen molar-refractivity contribution in [1.29, 1.82) is 0 Å². The zero-order chi connectivity index (χ0) is 15.3. The Morgan fingerprint density at radius 3 is 2.25 bits per heavy atom. The number of nitrogens with one attached hydrogen (secondary N) is 2. The summed E-state index contributed by atoms with van der Waals surface area (Å²) in [4.78, 5) is 22.7. The van der Waals surface area contributed by atoms with Gasteiger partial charge in [0.05, 0.1) is 12.1 Å². The Hall–Kier alpha value is -1.08. The van der Waals surface area contributed by atoms with Gasteiger partial charge in [-0.3, -0.25) is 4.79 Å². The minimum atomic E-state index is -0.939. The fraction of sp³-hybridized carbons (Fsp3) is 0.385. The van der Waals surface area contributed by atoms with E-state index in [1.54, 1.807) is 12.1 Å². The van der Waals surface area contributed by atoms with Gasteiger partial charge < -0.3 is 15.7 Å². The highest BCUT2D eigenvalue weighted by Gasteiger charge is 2.20. The van der Waals surface area contributed by atoms with Gasteiger partial charge in [-0.1, -0.05) is 19.9 Å². The van der Waals surface area contributed by atoms with Crippen LogP contribution in [-0.2, 0) is 4.79 Å². The van der Waals surface area contributed by atoms with Crippen molar-refractivity contribution < 1.29 is 14.7 Å². The molecule has 0 spiro atoms. The van der Waals surface area contributed by atoms with Crippen molar-refractivity contribution in [2.24, 2.45) is 5.92 Å². The largest absolute Gasteiger partial charge is 0.481 e. The van der Waals surface area contributed by atoms with Crippen molar-refractivity contribution in [2.45, 2.75) is 26.3 Å². The number of urea groups is 1. The van der Waals surface area contributed by atoms with Gasteiger partial charge in [0.1, 0.15) is 0 Å². The highest BCUT2D eigenvalue weighted by molar-refractivity contribution is 9.11. The summed E-state index contributed by atoms with van der Waals surface area (Å²) in [6.45, 7) is 3.73. The monoisotopic (exact) mass is 406 g/mol. The summed E-state index contributed by atoms with van der Waals surface area (Å²) in [7, 11) is 0. The first kappa shape index (κ1) is 17.0. The van der Waals surface area contributed by atoms with Crippen LogP contribution >= 0.6 is 31.9 Å². The molecule has 2 amide bonds. The van der Waals surface area contributed by atoms with Crippen LogP contribution in [0.5, 0.6) is 0 Å². The molecule has 1 aromatic carbocycles. The van der Waals surface area contributed by atoms with E-state index in [1.165, 1.54) is 0 Å². The second kappa shape index (κ2) is 7.64. The quantitative estimate of drug-likeness (QED) is 0.693. The Morgan fingerprint density at radius 2 is 1.80 bits per heavy atom.